The molecule has 1 saturated carbocycles. The summed E-state index contributed by atoms with van der Waals surface area (Å²) >= 11 is 0. The molecule has 2 aromatic heterocycles. The maximum atomic E-state index is 4.19. The predicted molar refractivity (Wildman–Crippen MR) is 99.2 cm³/mol. The predicted octanol–water partition coefficient (Wildman–Crippen LogP) is 3.28. The number of fused-ring (bicyclic) bond motifs is 2. The van der Waals surface area contributed by atoms with Crippen LogP contribution in [0, 0.1) is 11.8 Å². The van der Waals surface area contributed by atoms with Gasteiger partial charge in [-0.25, -0.2) is 0 Å². The van der Waals surface area contributed by atoms with Crippen molar-refractivity contribution in [1.82, 2.24) is 20.1 Å². The Hall–Kier alpha value is -2.40. The van der Waals surface area contributed by atoms with Crippen LogP contribution in [0.4, 0.5) is 5.82 Å². The van der Waals surface area contributed by atoms with E-state index in [1.54, 1.807) is 6.20 Å². The number of hydrogen-bond acceptors (Lipinski definition) is 4. The zero-order valence-corrected chi connectivity index (χ0v) is 14.2. The van der Waals surface area contributed by atoms with Gasteiger partial charge in [0.05, 0.1) is 0 Å². The number of benzene rings is 1. The van der Waals surface area contributed by atoms with Gasteiger partial charge in [0.2, 0.25) is 0 Å². The van der Waals surface area contributed by atoms with Crippen LogP contribution in [0.15, 0.2) is 48.8 Å². The minimum absolute atomic E-state index is 0.527. The minimum Gasteiger partial charge on any atom is -0.366 e. The highest BCUT2D eigenvalue weighted by molar-refractivity contribution is 5.79. The van der Waals surface area contributed by atoms with E-state index in [2.05, 4.69) is 49.7 Å². The third kappa shape index (κ3) is 2.89. The van der Waals surface area contributed by atoms with E-state index in [4.69, 9.17) is 0 Å². The number of rotatable bonds is 4. The van der Waals surface area contributed by atoms with Crippen LogP contribution in [0.3, 0.4) is 0 Å². The first-order valence-electron chi connectivity index (χ1n) is 9.18. The molecule has 5 nitrogen and oxygen atoms in total. The summed E-state index contributed by atoms with van der Waals surface area (Å²) in [6, 6.07) is 13.4. The van der Waals surface area contributed by atoms with Crippen LogP contribution in [0.25, 0.3) is 10.9 Å². The number of H-pyrrole nitrogens is 1. The van der Waals surface area contributed by atoms with Gasteiger partial charge >= 0.3 is 0 Å². The molecule has 128 valence electrons. The molecule has 2 aliphatic rings. The lowest BCUT2D eigenvalue weighted by Gasteiger charge is -2.22. The van der Waals surface area contributed by atoms with Gasteiger partial charge in [-0.3, -0.25) is 4.90 Å². The first-order valence-corrected chi connectivity index (χ1v) is 9.18. The van der Waals surface area contributed by atoms with Crippen molar-refractivity contribution in [3.05, 3.63) is 54.4 Å². The molecule has 0 unspecified atom stereocenters. The summed E-state index contributed by atoms with van der Waals surface area (Å²) in [5.41, 5.74) is 2.63. The lowest BCUT2D eigenvalue weighted by Crippen LogP contribution is -2.30. The molecule has 1 saturated heterocycles. The Balaban J connectivity index is 1.26. The second-order valence-electron chi connectivity index (χ2n) is 7.45. The Morgan fingerprint density at radius 2 is 2.16 bits per heavy atom. The van der Waals surface area contributed by atoms with Gasteiger partial charge in [-0.15, -0.1) is 5.10 Å². The highest BCUT2D eigenvalue weighted by Gasteiger charge is 2.42. The Labute approximate surface area is 147 Å². The fourth-order valence-electron chi connectivity index (χ4n) is 4.69. The monoisotopic (exact) mass is 333 g/mol. The highest BCUT2D eigenvalue weighted by atomic mass is 15.2. The quantitative estimate of drug-likeness (QED) is 0.769. The largest absolute Gasteiger partial charge is 0.366 e. The first-order chi connectivity index (χ1) is 12.3. The van der Waals surface area contributed by atoms with E-state index in [1.807, 2.05) is 18.3 Å². The molecule has 0 radical (unpaired) electrons. The molecule has 2 N–H and O–H groups in total. The smallest absolute Gasteiger partial charge is 0.148 e. The molecular formula is C20H23N5. The van der Waals surface area contributed by atoms with Crippen molar-refractivity contribution >= 4 is 16.7 Å². The summed E-state index contributed by atoms with van der Waals surface area (Å²) in [6.45, 7) is 3.44. The number of hydrogen-bond donors (Lipinski definition) is 2. The van der Waals surface area contributed by atoms with Crippen molar-refractivity contribution in [2.75, 3.05) is 18.4 Å². The van der Waals surface area contributed by atoms with E-state index in [9.17, 15) is 0 Å². The zero-order chi connectivity index (χ0) is 16.6. The Morgan fingerprint density at radius 1 is 1.16 bits per heavy atom. The summed E-state index contributed by atoms with van der Waals surface area (Å²) in [7, 11) is 0. The molecule has 5 heteroatoms. The number of nitrogens with zero attached hydrogens (tertiary/aromatic N) is 3. The zero-order valence-electron chi connectivity index (χ0n) is 14.2. The second kappa shape index (κ2) is 6.15. The van der Waals surface area contributed by atoms with Gasteiger partial charge in [0.25, 0.3) is 0 Å². The first kappa shape index (κ1) is 14.9. The van der Waals surface area contributed by atoms with E-state index in [1.165, 1.54) is 42.4 Å². The molecule has 3 atom stereocenters. The Kier molecular flexibility index (Phi) is 3.67. The lowest BCUT2D eigenvalue weighted by molar-refractivity contribution is 0.300. The van der Waals surface area contributed by atoms with Crippen LogP contribution in [0.5, 0.6) is 0 Å². The molecule has 0 bridgehead atoms. The van der Waals surface area contributed by atoms with E-state index in [-0.39, 0.29) is 0 Å². The lowest BCUT2D eigenvalue weighted by atomic mass is 9.98. The number of aromatic nitrogens is 3. The van der Waals surface area contributed by atoms with Crippen LogP contribution >= 0.6 is 0 Å². The molecule has 0 amide bonds. The van der Waals surface area contributed by atoms with Crippen molar-refractivity contribution in [2.24, 2.45) is 11.8 Å². The summed E-state index contributed by atoms with van der Waals surface area (Å²) in [6.07, 6.45) is 6.30. The second-order valence-corrected chi connectivity index (χ2v) is 7.45. The Bertz CT molecular complexity index is 859. The summed E-state index contributed by atoms with van der Waals surface area (Å²) in [5, 5.41) is 13.1. The number of likely N-dealkylation sites (tertiary alicyclic amines) is 1. The summed E-state index contributed by atoms with van der Waals surface area (Å²) in [5.74, 6) is 2.44. The van der Waals surface area contributed by atoms with Crippen molar-refractivity contribution in [3.8, 4) is 0 Å². The molecule has 1 aliphatic heterocycles. The number of anilines is 1. The number of aromatic amines is 1. The molecule has 3 aromatic rings. The summed E-state index contributed by atoms with van der Waals surface area (Å²) in [4.78, 5) is 5.89. The van der Waals surface area contributed by atoms with Gasteiger partial charge < -0.3 is 10.3 Å². The van der Waals surface area contributed by atoms with Gasteiger partial charge in [-0.05, 0) is 66.0 Å². The highest BCUT2D eigenvalue weighted by Crippen LogP contribution is 2.39. The third-order valence-corrected chi connectivity index (χ3v) is 5.86. The van der Waals surface area contributed by atoms with Crippen molar-refractivity contribution in [2.45, 2.75) is 25.4 Å². The molecule has 25 heavy (non-hydrogen) atoms. The standard InChI is InChI=1S/C20H23N5/c1-2-20(24-22-8-1)23-19-6-4-16-12-25(13-17(16)19)11-14-3-5-18-15(10-14)7-9-21-18/h1-3,5,7-10,16-17,19,21H,4,6,11-13H2,(H,23,24)/t16-,17+,19-/m1/s1. The van der Waals surface area contributed by atoms with Crippen LogP contribution in [-0.2, 0) is 6.54 Å². The van der Waals surface area contributed by atoms with E-state index < -0.39 is 0 Å². The maximum absolute atomic E-state index is 4.19. The van der Waals surface area contributed by atoms with Gasteiger partial charge in [0.15, 0.2) is 0 Å². The van der Waals surface area contributed by atoms with Crippen molar-refractivity contribution < 1.29 is 0 Å². The fraction of sp³-hybridized carbons (Fsp3) is 0.400. The molecule has 1 aromatic carbocycles. The molecule has 0 spiro atoms. The topological polar surface area (TPSA) is 56.8 Å². The van der Waals surface area contributed by atoms with E-state index in [0.717, 1.165) is 24.2 Å². The molecule has 5 rings (SSSR count). The average Bonchev–Trinajstić information content (AvgIpc) is 3.33. The van der Waals surface area contributed by atoms with Crippen molar-refractivity contribution in [3.63, 3.8) is 0 Å². The summed E-state index contributed by atoms with van der Waals surface area (Å²) < 4.78 is 0. The Morgan fingerprint density at radius 3 is 3.08 bits per heavy atom. The molecular weight excluding hydrogens is 310 g/mol. The number of nitrogens with one attached hydrogen (secondary N) is 2. The van der Waals surface area contributed by atoms with Gasteiger partial charge in [0.1, 0.15) is 5.82 Å². The van der Waals surface area contributed by atoms with Crippen LogP contribution in [-0.4, -0.2) is 39.2 Å². The van der Waals surface area contributed by atoms with Crippen LogP contribution in [0.1, 0.15) is 18.4 Å². The molecule has 2 fully saturated rings. The maximum Gasteiger partial charge on any atom is 0.148 e. The van der Waals surface area contributed by atoms with Gasteiger partial charge in [-0.1, -0.05) is 6.07 Å². The van der Waals surface area contributed by atoms with Gasteiger partial charge in [0, 0.05) is 43.6 Å². The SMILES string of the molecule is c1cnnc(N[C@@H]2CC[C@@H]3CN(Cc4ccc5[nH]ccc5c4)C[C@@H]32)c1. The molecule has 3 heterocycles. The van der Waals surface area contributed by atoms with Crippen molar-refractivity contribution in [1.29, 1.82) is 0 Å². The van der Waals surface area contributed by atoms with Crippen LogP contribution in [0.2, 0.25) is 0 Å². The fourth-order valence-corrected chi connectivity index (χ4v) is 4.69. The van der Waals surface area contributed by atoms with Crippen LogP contribution < -0.4 is 5.32 Å². The third-order valence-electron chi connectivity index (χ3n) is 5.86. The molecule has 1 aliphatic carbocycles. The minimum atomic E-state index is 0.527. The normalized spacial score (nSPS) is 26.2. The van der Waals surface area contributed by atoms with E-state index >= 15 is 0 Å². The average molecular weight is 333 g/mol. The van der Waals surface area contributed by atoms with E-state index in [0.29, 0.717) is 6.04 Å². The van der Waals surface area contributed by atoms with Gasteiger partial charge in [-0.2, -0.15) is 5.10 Å².